The maximum absolute atomic E-state index is 6.11. The highest BCUT2D eigenvalue weighted by molar-refractivity contribution is 9.13. The number of nitrogens with zero attached hydrogens (tertiary/aromatic N) is 1. The average molecular weight is 410 g/mol. The van der Waals surface area contributed by atoms with Gasteiger partial charge in [0.05, 0.1) is 6.04 Å². The molecule has 2 N–H and O–H groups in total. The Labute approximate surface area is 142 Å². The molecule has 2 aromatic carbocycles. The van der Waals surface area contributed by atoms with Crippen LogP contribution in [0.5, 0.6) is 0 Å². The van der Waals surface area contributed by atoms with Gasteiger partial charge in [-0.05, 0) is 74.0 Å². The van der Waals surface area contributed by atoms with Crippen LogP contribution in [0.2, 0.25) is 0 Å². The summed E-state index contributed by atoms with van der Waals surface area (Å²) < 4.78 is 2.14. The van der Waals surface area contributed by atoms with Gasteiger partial charge in [0.1, 0.15) is 0 Å². The number of halogens is 2. The SMILES string of the molecule is NCC(c1ccc(Br)c(Br)c1)N1CCCc2ccccc21. The van der Waals surface area contributed by atoms with Crippen molar-refractivity contribution in [1.29, 1.82) is 0 Å². The highest BCUT2D eigenvalue weighted by Gasteiger charge is 2.24. The average Bonchev–Trinajstić information content (AvgIpc) is 2.52. The molecule has 0 aromatic heterocycles. The minimum atomic E-state index is 0.218. The number of para-hydroxylation sites is 1. The fourth-order valence-corrected chi connectivity index (χ4v) is 3.69. The third-order valence-electron chi connectivity index (χ3n) is 4.07. The van der Waals surface area contributed by atoms with E-state index in [0.29, 0.717) is 6.54 Å². The Balaban J connectivity index is 1.99. The molecule has 0 saturated heterocycles. The van der Waals surface area contributed by atoms with Gasteiger partial charge in [-0.15, -0.1) is 0 Å². The van der Waals surface area contributed by atoms with Crippen LogP contribution in [-0.4, -0.2) is 13.1 Å². The van der Waals surface area contributed by atoms with E-state index in [9.17, 15) is 0 Å². The standard InChI is InChI=1S/C17H18Br2N2/c18-14-8-7-13(10-15(14)19)17(11-20)21-9-3-5-12-4-1-2-6-16(12)21/h1-2,4,6-8,10,17H,3,5,9,11,20H2. The number of fused-ring (bicyclic) bond motifs is 1. The van der Waals surface area contributed by atoms with Gasteiger partial charge in [0.25, 0.3) is 0 Å². The molecule has 1 heterocycles. The van der Waals surface area contributed by atoms with Gasteiger partial charge in [0.2, 0.25) is 0 Å². The van der Waals surface area contributed by atoms with Crippen molar-refractivity contribution in [2.24, 2.45) is 5.73 Å². The Kier molecular flexibility index (Phi) is 4.67. The molecule has 4 heteroatoms. The fourth-order valence-electron chi connectivity index (χ4n) is 3.05. The Hall–Kier alpha value is -0.840. The van der Waals surface area contributed by atoms with E-state index >= 15 is 0 Å². The predicted molar refractivity (Wildman–Crippen MR) is 95.7 cm³/mol. The largest absolute Gasteiger partial charge is 0.363 e. The van der Waals surface area contributed by atoms with E-state index < -0.39 is 0 Å². The Bertz CT molecular complexity index is 642. The van der Waals surface area contributed by atoms with Crippen LogP contribution in [0, 0.1) is 0 Å². The Morgan fingerprint density at radius 1 is 1.10 bits per heavy atom. The molecule has 110 valence electrons. The summed E-state index contributed by atoms with van der Waals surface area (Å²) in [6.45, 7) is 1.68. The molecule has 0 fully saturated rings. The van der Waals surface area contributed by atoms with Gasteiger partial charge in [-0.25, -0.2) is 0 Å². The first-order valence-corrected chi connectivity index (χ1v) is 8.79. The molecule has 0 bridgehead atoms. The van der Waals surface area contributed by atoms with Crippen LogP contribution in [0.3, 0.4) is 0 Å². The first-order valence-electron chi connectivity index (χ1n) is 7.20. The van der Waals surface area contributed by atoms with Crippen LogP contribution in [0.15, 0.2) is 51.4 Å². The van der Waals surface area contributed by atoms with Crippen molar-refractivity contribution < 1.29 is 0 Å². The van der Waals surface area contributed by atoms with E-state index in [-0.39, 0.29) is 6.04 Å². The second-order valence-corrected chi connectivity index (χ2v) is 7.06. The van der Waals surface area contributed by atoms with Crippen molar-refractivity contribution >= 4 is 37.5 Å². The van der Waals surface area contributed by atoms with E-state index in [1.165, 1.54) is 23.2 Å². The second-order valence-electron chi connectivity index (χ2n) is 5.35. The van der Waals surface area contributed by atoms with E-state index in [1.807, 2.05) is 0 Å². The molecular formula is C17H18Br2N2. The number of nitrogens with two attached hydrogens (primary N) is 1. The van der Waals surface area contributed by atoms with Crippen molar-refractivity contribution in [2.45, 2.75) is 18.9 Å². The van der Waals surface area contributed by atoms with Crippen molar-refractivity contribution in [3.63, 3.8) is 0 Å². The summed E-state index contributed by atoms with van der Waals surface area (Å²) in [6, 6.07) is 15.3. The maximum atomic E-state index is 6.11. The summed E-state index contributed by atoms with van der Waals surface area (Å²) in [5.74, 6) is 0. The second kappa shape index (κ2) is 6.51. The summed E-state index contributed by atoms with van der Waals surface area (Å²) in [6.07, 6.45) is 2.35. The van der Waals surface area contributed by atoms with Crippen LogP contribution in [-0.2, 0) is 6.42 Å². The van der Waals surface area contributed by atoms with Crippen LogP contribution >= 0.6 is 31.9 Å². The highest BCUT2D eigenvalue weighted by atomic mass is 79.9. The van der Waals surface area contributed by atoms with Crippen molar-refractivity contribution in [1.82, 2.24) is 0 Å². The topological polar surface area (TPSA) is 29.3 Å². The van der Waals surface area contributed by atoms with E-state index in [2.05, 4.69) is 79.2 Å². The lowest BCUT2D eigenvalue weighted by molar-refractivity contribution is 0.587. The summed E-state index contributed by atoms with van der Waals surface area (Å²) in [5.41, 5.74) is 10.1. The monoisotopic (exact) mass is 408 g/mol. The smallest absolute Gasteiger partial charge is 0.0665 e. The number of aryl methyl sites for hydroxylation is 1. The van der Waals surface area contributed by atoms with Gasteiger partial charge in [0, 0.05) is 27.7 Å². The molecule has 0 spiro atoms. The van der Waals surface area contributed by atoms with Crippen LogP contribution < -0.4 is 10.6 Å². The zero-order valence-corrected chi connectivity index (χ0v) is 14.9. The van der Waals surface area contributed by atoms with Crippen LogP contribution in [0.4, 0.5) is 5.69 Å². The van der Waals surface area contributed by atoms with E-state index in [4.69, 9.17) is 5.73 Å². The van der Waals surface area contributed by atoms with Gasteiger partial charge in [-0.1, -0.05) is 24.3 Å². The first kappa shape index (κ1) is 15.1. The zero-order valence-electron chi connectivity index (χ0n) is 11.7. The number of anilines is 1. The fraction of sp³-hybridized carbons (Fsp3) is 0.294. The highest BCUT2D eigenvalue weighted by Crippen LogP contribution is 2.35. The molecule has 1 unspecified atom stereocenters. The summed E-state index contributed by atoms with van der Waals surface area (Å²) in [4.78, 5) is 2.45. The van der Waals surface area contributed by atoms with Crippen LogP contribution in [0.1, 0.15) is 23.6 Å². The molecule has 2 nitrogen and oxygen atoms in total. The summed E-state index contributed by atoms with van der Waals surface area (Å²) in [5, 5.41) is 0. The maximum Gasteiger partial charge on any atom is 0.0665 e. The lowest BCUT2D eigenvalue weighted by Gasteiger charge is -2.38. The lowest BCUT2D eigenvalue weighted by Crippen LogP contribution is -2.37. The Morgan fingerprint density at radius 2 is 1.90 bits per heavy atom. The molecular weight excluding hydrogens is 392 g/mol. The van der Waals surface area contributed by atoms with Gasteiger partial charge < -0.3 is 10.6 Å². The quantitative estimate of drug-likeness (QED) is 0.798. The normalized spacial score (nSPS) is 15.7. The zero-order chi connectivity index (χ0) is 14.8. The molecule has 1 aliphatic rings. The van der Waals surface area contributed by atoms with Crippen molar-refractivity contribution in [3.05, 3.63) is 62.5 Å². The number of rotatable bonds is 3. The number of hydrogen-bond acceptors (Lipinski definition) is 2. The molecule has 0 saturated carbocycles. The van der Waals surface area contributed by atoms with E-state index in [0.717, 1.165) is 21.9 Å². The third kappa shape index (κ3) is 3.03. The van der Waals surface area contributed by atoms with Gasteiger partial charge in [-0.2, -0.15) is 0 Å². The number of hydrogen-bond donors (Lipinski definition) is 1. The summed E-state index contributed by atoms with van der Waals surface area (Å²) in [7, 11) is 0. The minimum absolute atomic E-state index is 0.218. The first-order chi connectivity index (χ1) is 10.2. The molecule has 0 radical (unpaired) electrons. The molecule has 1 aliphatic heterocycles. The molecule has 3 rings (SSSR count). The van der Waals surface area contributed by atoms with Gasteiger partial charge in [0.15, 0.2) is 0 Å². The van der Waals surface area contributed by atoms with Crippen molar-refractivity contribution in [3.8, 4) is 0 Å². The van der Waals surface area contributed by atoms with Crippen LogP contribution in [0.25, 0.3) is 0 Å². The lowest BCUT2D eigenvalue weighted by atomic mass is 9.97. The third-order valence-corrected chi connectivity index (χ3v) is 5.95. The van der Waals surface area contributed by atoms with Gasteiger partial charge in [-0.3, -0.25) is 0 Å². The molecule has 0 amide bonds. The summed E-state index contributed by atoms with van der Waals surface area (Å²) >= 11 is 7.12. The molecule has 2 aromatic rings. The Morgan fingerprint density at radius 3 is 2.67 bits per heavy atom. The van der Waals surface area contributed by atoms with Crippen molar-refractivity contribution in [2.75, 3.05) is 18.0 Å². The molecule has 21 heavy (non-hydrogen) atoms. The molecule has 1 atom stereocenters. The van der Waals surface area contributed by atoms with E-state index in [1.54, 1.807) is 0 Å². The predicted octanol–water partition coefficient (Wildman–Crippen LogP) is 4.66. The van der Waals surface area contributed by atoms with Gasteiger partial charge >= 0.3 is 0 Å². The minimum Gasteiger partial charge on any atom is -0.363 e. The molecule has 0 aliphatic carbocycles. The number of benzene rings is 2.